The first-order chi connectivity index (χ1) is 15.5. The average molecular weight is 456 g/mol. The van der Waals surface area contributed by atoms with Gasteiger partial charge in [-0.2, -0.15) is 23.3 Å². The van der Waals surface area contributed by atoms with E-state index in [0.29, 0.717) is 24.2 Å². The number of halogens is 3. The summed E-state index contributed by atoms with van der Waals surface area (Å²) in [5, 5.41) is 18.5. The zero-order chi connectivity index (χ0) is 23.8. The first-order valence-corrected chi connectivity index (χ1v) is 10.3. The van der Waals surface area contributed by atoms with Crippen LogP contribution in [0.15, 0.2) is 59.1 Å². The van der Waals surface area contributed by atoms with Crippen LogP contribution in [-0.2, 0) is 19.1 Å². The molecule has 0 unspecified atom stereocenters. The third kappa shape index (κ3) is 5.48. The predicted molar refractivity (Wildman–Crippen MR) is 116 cm³/mol. The van der Waals surface area contributed by atoms with E-state index >= 15 is 0 Å². The minimum absolute atomic E-state index is 0.183. The lowest BCUT2D eigenvalue weighted by molar-refractivity contribution is -0.137. The summed E-state index contributed by atoms with van der Waals surface area (Å²) in [7, 11) is 0. The highest BCUT2D eigenvalue weighted by atomic mass is 19.4. The minimum Gasteiger partial charge on any atom is -0.390 e. The molecule has 0 bridgehead atoms. The van der Waals surface area contributed by atoms with Crippen LogP contribution in [0.1, 0.15) is 36.2 Å². The van der Waals surface area contributed by atoms with Gasteiger partial charge < -0.3 is 9.63 Å². The second-order valence-electron chi connectivity index (χ2n) is 8.64. The molecule has 0 aliphatic carbocycles. The lowest BCUT2D eigenvalue weighted by Crippen LogP contribution is -2.21. The van der Waals surface area contributed by atoms with Gasteiger partial charge in [-0.3, -0.25) is 4.68 Å². The molecule has 0 spiro atoms. The second kappa shape index (κ2) is 8.47. The molecule has 33 heavy (non-hydrogen) atoms. The van der Waals surface area contributed by atoms with Crippen LogP contribution in [0.5, 0.6) is 0 Å². The Morgan fingerprint density at radius 3 is 2.36 bits per heavy atom. The number of alkyl halides is 3. The van der Waals surface area contributed by atoms with Gasteiger partial charge in [0, 0.05) is 17.7 Å². The molecule has 0 amide bonds. The largest absolute Gasteiger partial charge is 0.416 e. The van der Waals surface area contributed by atoms with Gasteiger partial charge in [0.05, 0.1) is 17.7 Å². The Labute approximate surface area is 188 Å². The summed E-state index contributed by atoms with van der Waals surface area (Å²) in [4.78, 5) is 4.30. The normalized spacial score (nSPS) is 12.3. The Morgan fingerprint density at radius 1 is 1.00 bits per heavy atom. The molecule has 4 aromatic rings. The Hall–Kier alpha value is -3.46. The van der Waals surface area contributed by atoms with Crippen molar-refractivity contribution in [2.75, 3.05) is 0 Å². The molecule has 2 aromatic heterocycles. The van der Waals surface area contributed by atoms with Gasteiger partial charge in [0.15, 0.2) is 5.69 Å². The average Bonchev–Trinajstić information content (AvgIpc) is 3.34. The Balaban J connectivity index is 1.53. The molecule has 4 rings (SSSR count). The van der Waals surface area contributed by atoms with Gasteiger partial charge >= 0.3 is 6.18 Å². The van der Waals surface area contributed by atoms with E-state index in [4.69, 9.17) is 4.52 Å². The highest BCUT2D eigenvalue weighted by Crippen LogP contribution is 2.31. The van der Waals surface area contributed by atoms with Crippen LogP contribution >= 0.6 is 0 Å². The van der Waals surface area contributed by atoms with E-state index in [1.54, 1.807) is 18.5 Å². The first-order valence-electron chi connectivity index (χ1n) is 10.3. The first kappa shape index (κ1) is 22.7. The van der Waals surface area contributed by atoms with Gasteiger partial charge in [0.1, 0.15) is 0 Å². The van der Waals surface area contributed by atoms with Crippen molar-refractivity contribution in [2.45, 2.75) is 45.5 Å². The van der Waals surface area contributed by atoms with Crippen LogP contribution in [0.3, 0.4) is 0 Å². The Kier molecular flexibility index (Phi) is 5.84. The molecule has 0 aliphatic rings. The fourth-order valence-electron chi connectivity index (χ4n) is 3.54. The number of benzene rings is 2. The molecule has 2 heterocycles. The van der Waals surface area contributed by atoms with Gasteiger partial charge in [-0.05, 0) is 50.1 Å². The zero-order valence-electron chi connectivity index (χ0n) is 18.4. The minimum atomic E-state index is -4.40. The van der Waals surface area contributed by atoms with Crippen molar-refractivity contribution in [1.82, 2.24) is 19.9 Å². The number of aromatic nitrogens is 4. The number of nitrogens with zero attached hydrogens (tertiary/aromatic N) is 4. The van der Waals surface area contributed by atoms with E-state index < -0.39 is 17.3 Å². The fraction of sp³-hybridized carbons (Fsp3) is 0.292. The zero-order valence-corrected chi connectivity index (χ0v) is 18.4. The van der Waals surface area contributed by atoms with Crippen LogP contribution in [0.2, 0.25) is 0 Å². The molecule has 0 saturated heterocycles. The lowest BCUT2D eigenvalue weighted by Gasteiger charge is -2.17. The molecule has 9 heteroatoms. The maximum atomic E-state index is 12.8. The van der Waals surface area contributed by atoms with E-state index in [1.807, 2.05) is 37.3 Å². The summed E-state index contributed by atoms with van der Waals surface area (Å²) < 4.78 is 45.4. The van der Waals surface area contributed by atoms with Gasteiger partial charge in [0.2, 0.25) is 5.82 Å². The maximum absolute atomic E-state index is 12.8. The molecule has 0 aliphatic heterocycles. The second-order valence-corrected chi connectivity index (χ2v) is 8.64. The fourth-order valence-corrected chi connectivity index (χ4v) is 3.54. The van der Waals surface area contributed by atoms with Crippen molar-refractivity contribution in [1.29, 1.82) is 0 Å². The lowest BCUT2D eigenvalue weighted by atomic mass is 9.97. The van der Waals surface area contributed by atoms with Gasteiger partial charge in [0.25, 0.3) is 5.89 Å². The van der Waals surface area contributed by atoms with Crippen molar-refractivity contribution >= 4 is 0 Å². The van der Waals surface area contributed by atoms with Gasteiger partial charge in [-0.1, -0.05) is 41.6 Å². The Bertz CT molecular complexity index is 1250. The number of aryl methyl sites for hydroxylation is 1. The van der Waals surface area contributed by atoms with Crippen molar-refractivity contribution in [2.24, 2.45) is 0 Å². The molecule has 0 saturated carbocycles. The maximum Gasteiger partial charge on any atom is 0.416 e. The van der Waals surface area contributed by atoms with Crippen LogP contribution in [0.25, 0.3) is 23.0 Å². The smallest absolute Gasteiger partial charge is 0.390 e. The van der Waals surface area contributed by atoms with E-state index in [1.165, 1.54) is 12.1 Å². The Morgan fingerprint density at radius 2 is 1.70 bits per heavy atom. The highest BCUT2D eigenvalue weighted by Gasteiger charge is 2.30. The van der Waals surface area contributed by atoms with E-state index in [9.17, 15) is 18.3 Å². The van der Waals surface area contributed by atoms with Crippen LogP contribution in [0, 0.1) is 6.92 Å². The van der Waals surface area contributed by atoms with E-state index in [-0.39, 0.29) is 11.7 Å². The summed E-state index contributed by atoms with van der Waals surface area (Å²) in [5.74, 6) is 0.368. The van der Waals surface area contributed by atoms with Crippen LogP contribution < -0.4 is 0 Å². The number of hydrogen-bond acceptors (Lipinski definition) is 5. The number of rotatable bonds is 6. The quantitative estimate of drug-likeness (QED) is 0.427. The molecule has 0 atom stereocenters. The molecule has 0 radical (unpaired) electrons. The summed E-state index contributed by atoms with van der Waals surface area (Å²) >= 11 is 0. The summed E-state index contributed by atoms with van der Waals surface area (Å²) in [6.07, 6.45) is -3.86. The van der Waals surface area contributed by atoms with Crippen molar-refractivity contribution in [3.8, 4) is 23.0 Å². The van der Waals surface area contributed by atoms with E-state index in [0.717, 1.165) is 29.0 Å². The van der Waals surface area contributed by atoms with Crippen LogP contribution in [0.4, 0.5) is 13.2 Å². The summed E-state index contributed by atoms with van der Waals surface area (Å²) in [5.41, 5.74) is 2.30. The topological polar surface area (TPSA) is 77.0 Å². The molecule has 1 N–H and O–H groups in total. The third-order valence-corrected chi connectivity index (χ3v) is 5.06. The molecule has 0 fully saturated rings. The van der Waals surface area contributed by atoms with Crippen molar-refractivity contribution in [3.63, 3.8) is 0 Å². The predicted octanol–water partition coefficient (Wildman–Crippen LogP) is 5.29. The van der Waals surface area contributed by atoms with Crippen molar-refractivity contribution in [3.05, 3.63) is 77.0 Å². The standard InChI is InChI=1S/C24H23F3N4O2/c1-15-11-20(29-31(15)14-17-6-4-5-16(12-17)13-23(2,3)32)22-28-21(30-33-22)18-7-9-19(10-8-18)24(25,26)27/h4-12,32H,13-14H2,1-3H3. The molecular weight excluding hydrogens is 433 g/mol. The van der Waals surface area contributed by atoms with Crippen molar-refractivity contribution < 1.29 is 22.8 Å². The summed E-state index contributed by atoms with van der Waals surface area (Å²) in [6.45, 7) is 5.97. The van der Waals surface area contributed by atoms with E-state index in [2.05, 4.69) is 15.2 Å². The van der Waals surface area contributed by atoms with Crippen LogP contribution in [-0.4, -0.2) is 30.6 Å². The van der Waals surface area contributed by atoms with Gasteiger partial charge in [-0.15, -0.1) is 0 Å². The van der Waals surface area contributed by atoms with Gasteiger partial charge in [-0.25, -0.2) is 0 Å². The highest BCUT2D eigenvalue weighted by molar-refractivity contribution is 5.58. The molecule has 172 valence electrons. The number of aliphatic hydroxyl groups is 1. The SMILES string of the molecule is Cc1cc(-c2nc(-c3ccc(C(F)(F)F)cc3)no2)nn1Cc1cccc(CC(C)(C)O)c1. The molecule has 2 aromatic carbocycles. The monoisotopic (exact) mass is 456 g/mol. The third-order valence-electron chi connectivity index (χ3n) is 5.06. The molecular formula is C24H23F3N4O2. The molecule has 6 nitrogen and oxygen atoms in total. The number of hydrogen-bond donors (Lipinski definition) is 1. The summed E-state index contributed by atoms with van der Waals surface area (Å²) in [6, 6.07) is 14.3.